The number of rotatable bonds is 4. The van der Waals surface area contributed by atoms with Crippen LogP contribution in [0.25, 0.3) is 0 Å². The first-order chi connectivity index (χ1) is 4.56. The zero-order valence-corrected chi connectivity index (χ0v) is 9.87. The van der Waals surface area contributed by atoms with E-state index in [0.29, 0.717) is 0 Å². The van der Waals surface area contributed by atoms with E-state index in [1.807, 2.05) is 0 Å². The zero-order chi connectivity index (χ0) is 8.04. The summed E-state index contributed by atoms with van der Waals surface area (Å²) in [5, 5.41) is 0. The minimum atomic E-state index is -1.33. The van der Waals surface area contributed by atoms with E-state index in [0.717, 1.165) is 0 Å². The second-order valence-corrected chi connectivity index (χ2v) is 14.5. The summed E-state index contributed by atoms with van der Waals surface area (Å²) in [7, 11) is 0. The van der Waals surface area contributed by atoms with Crippen molar-refractivity contribution in [3.8, 4) is 0 Å². The van der Waals surface area contributed by atoms with Crippen molar-refractivity contribution in [2.75, 3.05) is 0 Å². The second-order valence-electron chi connectivity index (χ2n) is 3.91. The molecule has 0 fully saturated rings. The summed E-state index contributed by atoms with van der Waals surface area (Å²) in [6.07, 6.45) is 6.35. The van der Waals surface area contributed by atoms with Crippen LogP contribution in [0.15, 0.2) is 11.0 Å². The second kappa shape index (κ2) is 5.00. The number of hydrogen-bond donors (Lipinski definition) is 0. The molecular weight excluding hydrogens is 181 g/mol. The average Bonchev–Trinajstić information content (AvgIpc) is 1.78. The van der Waals surface area contributed by atoms with Crippen molar-refractivity contribution >= 4 is 13.3 Å². The van der Waals surface area contributed by atoms with E-state index in [-0.39, 0.29) is 0 Å². The van der Waals surface area contributed by atoms with Crippen LogP contribution >= 0.6 is 0 Å². The van der Waals surface area contributed by atoms with E-state index in [1.165, 1.54) is 19.3 Å². The summed E-state index contributed by atoms with van der Waals surface area (Å²) in [6.45, 7) is 2.24. The van der Waals surface area contributed by atoms with Gasteiger partial charge in [0.25, 0.3) is 0 Å². The first-order valence-corrected chi connectivity index (χ1v) is 11.7. The molecule has 0 bridgehead atoms. The van der Waals surface area contributed by atoms with Crippen LogP contribution in [0.3, 0.4) is 0 Å². The molecule has 1 heteroatoms. The maximum atomic E-state index is 2.48. The van der Waals surface area contributed by atoms with Gasteiger partial charge in [-0.15, -0.1) is 0 Å². The van der Waals surface area contributed by atoms with Crippen molar-refractivity contribution in [3.05, 3.63) is 11.0 Å². The monoisotopic (exact) mass is 202 g/mol. The van der Waals surface area contributed by atoms with Crippen LogP contribution in [0.1, 0.15) is 26.2 Å². The Hall–Kier alpha value is 0.283. The first-order valence-electron chi connectivity index (χ1n) is 4.24. The molecule has 0 aromatic carbocycles. The van der Waals surface area contributed by atoms with Crippen LogP contribution in [0.4, 0.5) is 0 Å². The summed E-state index contributed by atoms with van der Waals surface area (Å²) < 4.78 is 0. The fourth-order valence-electron chi connectivity index (χ4n) is 0.759. The molecule has 0 N–H and O–H groups in total. The molecule has 0 atom stereocenters. The Bertz CT molecular complexity index is 97.8. The molecule has 0 saturated carbocycles. The molecule has 0 nitrogen and oxygen atoms in total. The molecule has 0 aliphatic heterocycles. The Kier molecular flexibility index (Phi) is 5.14. The zero-order valence-electron chi connectivity index (χ0n) is 7.78. The number of allylic oxidation sites excluding steroid dienone is 1. The van der Waals surface area contributed by atoms with Gasteiger partial charge in [-0.3, -0.25) is 0 Å². The fourth-order valence-corrected chi connectivity index (χ4v) is 2.59. The van der Waals surface area contributed by atoms with Gasteiger partial charge in [-0.05, 0) is 0 Å². The van der Waals surface area contributed by atoms with E-state index in [9.17, 15) is 0 Å². The van der Waals surface area contributed by atoms with Crippen molar-refractivity contribution in [1.82, 2.24) is 0 Å². The fraction of sp³-hybridized carbons (Fsp3) is 0.778. The summed E-state index contributed by atoms with van der Waals surface area (Å²) in [4.78, 5) is 2.48. The van der Waals surface area contributed by atoms with E-state index < -0.39 is 13.3 Å². The van der Waals surface area contributed by atoms with E-state index >= 15 is 0 Å². The van der Waals surface area contributed by atoms with Gasteiger partial charge >= 0.3 is 67.7 Å². The third-order valence-electron chi connectivity index (χ3n) is 1.34. The predicted molar refractivity (Wildman–Crippen MR) is 52.0 cm³/mol. The molecule has 60 valence electrons. The molecule has 0 aromatic heterocycles. The number of unbranched alkanes of at least 4 members (excludes halogenated alkanes) is 2. The van der Waals surface area contributed by atoms with Crippen molar-refractivity contribution < 1.29 is 0 Å². The Morgan fingerprint density at radius 2 is 1.80 bits per heavy atom. The summed E-state index contributed by atoms with van der Waals surface area (Å²) in [6, 6.07) is 0. The third-order valence-corrected chi connectivity index (χ3v) is 3.93. The molecule has 0 unspecified atom stereocenters. The Morgan fingerprint density at radius 1 is 1.20 bits per heavy atom. The third kappa shape index (κ3) is 8.28. The van der Waals surface area contributed by atoms with Gasteiger partial charge in [0.2, 0.25) is 0 Å². The Morgan fingerprint density at radius 3 is 2.20 bits per heavy atom. The maximum absolute atomic E-state index is 2.48. The predicted octanol–water partition coefficient (Wildman–Crippen LogP) is 3.61. The van der Waals surface area contributed by atoms with Gasteiger partial charge in [0.05, 0.1) is 0 Å². The summed E-state index contributed by atoms with van der Waals surface area (Å²) in [5.74, 6) is 7.26. The molecule has 0 rings (SSSR count). The molecule has 0 aliphatic carbocycles. The molecule has 0 spiro atoms. The van der Waals surface area contributed by atoms with Crippen LogP contribution < -0.4 is 0 Å². The van der Waals surface area contributed by atoms with Crippen LogP contribution in [-0.4, -0.2) is 13.3 Å². The normalized spacial score (nSPS) is 12.8. The molecule has 0 aromatic rings. The number of hydrogen-bond acceptors (Lipinski definition) is 0. The van der Waals surface area contributed by atoms with Gasteiger partial charge in [-0.2, -0.15) is 0 Å². The molecule has 0 saturated heterocycles. The van der Waals surface area contributed by atoms with Gasteiger partial charge in [-0.25, -0.2) is 0 Å². The van der Waals surface area contributed by atoms with Gasteiger partial charge in [0, 0.05) is 0 Å². The van der Waals surface area contributed by atoms with Crippen LogP contribution in [0, 0.1) is 0 Å². The van der Waals surface area contributed by atoms with Gasteiger partial charge in [0.1, 0.15) is 0 Å². The van der Waals surface area contributed by atoms with E-state index in [1.54, 1.807) is 0 Å². The summed E-state index contributed by atoms with van der Waals surface area (Å²) >= 11 is -1.33. The topological polar surface area (TPSA) is 0 Å². The molecule has 0 aliphatic rings. The van der Waals surface area contributed by atoms with Crippen molar-refractivity contribution in [3.63, 3.8) is 0 Å². The van der Waals surface area contributed by atoms with Gasteiger partial charge < -0.3 is 0 Å². The molecular formula is C9H20Ge. The van der Waals surface area contributed by atoms with Crippen molar-refractivity contribution in [2.45, 2.75) is 43.5 Å². The molecule has 0 amide bonds. The quantitative estimate of drug-likeness (QED) is 0.481. The van der Waals surface area contributed by atoms with Gasteiger partial charge in [0.15, 0.2) is 0 Å². The van der Waals surface area contributed by atoms with Crippen molar-refractivity contribution in [2.24, 2.45) is 0 Å². The Labute approximate surface area is 68.1 Å². The average molecular weight is 201 g/mol. The van der Waals surface area contributed by atoms with E-state index in [4.69, 9.17) is 0 Å². The SMILES string of the molecule is CCCC/C=[CH]\[Ge]([CH3])([CH3])[CH3]. The first kappa shape index (κ1) is 10.3. The molecule has 10 heavy (non-hydrogen) atoms. The summed E-state index contributed by atoms with van der Waals surface area (Å²) in [5.41, 5.74) is 0. The van der Waals surface area contributed by atoms with Gasteiger partial charge in [-0.1, -0.05) is 0 Å². The standard InChI is InChI=1S/C9H20Ge/c1-5-6-7-8-9-10(2,3)4/h8-9H,5-7H2,1-4H3/b9-8-. The minimum absolute atomic E-state index is 1.29. The van der Waals surface area contributed by atoms with Crippen LogP contribution in [0.2, 0.25) is 17.3 Å². The van der Waals surface area contributed by atoms with E-state index in [2.05, 4.69) is 35.2 Å². The van der Waals surface area contributed by atoms with Crippen molar-refractivity contribution in [1.29, 1.82) is 0 Å². The van der Waals surface area contributed by atoms with Crippen LogP contribution in [0.5, 0.6) is 0 Å². The van der Waals surface area contributed by atoms with Crippen LogP contribution in [-0.2, 0) is 0 Å². The Balaban J connectivity index is 3.37. The molecule has 0 heterocycles. The molecule has 0 radical (unpaired) electrons.